The molecule has 0 unspecified atom stereocenters. The molecule has 0 amide bonds. The number of carboxylic acids is 2. The molecule has 37 heavy (non-hydrogen) atoms. The van der Waals surface area contributed by atoms with Crippen molar-refractivity contribution in [2.24, 2.45) is 0 Å². The van der Waals surface area contributed by atoms with Crippen LogP contribution in [0.5, 0.6) is 0 Å². The third-order valence-corrected chi connectivity index (χ3v) is 7.72. The number of carboxylic acid groups (broad SMARTS) is 2. The van der Waals surface area contributed by atoms with Gasteiger partial charge in [0.2, 0.25) is 5.36 Å². The van der Waals surface area contributed by atoms with Crippen LogP contribution in [0.3, 0.4) is 0 Å². The molecule has 2 N–H and O–H groups in total. The van der Waals surface area contributed by atoms with Gasteiger partial charge >= 0.3 is 11.9 Å². The highest BCUT2D eigenvalue weighted by Gasteiger charge is 2.30. The Kier molecular flexibility index (Phi) is 5.51. The average molecular weight is 498 g/mol. The zero-order chi connectivity index (χ0) is 25.8. The van der Waals surface area contributed by atoms with E-state index >= 15 is 0 Å². The van der Waals surface area contributed by atoms with Crippen LogP contribution in [0, 0.1) is 0 Å². The second-order valence-corrected chi connectivity index (χ2v) is 10.2. The van der Waals surface area contributed by atoms with Crippen LogP contribution in [0.4, 0.5) is 5.69 Å². The normalized spacial score (nSPS) is 14.9. The van der Waals surface area contributed by atoms with Crippen LogP contribution in [-0.4, -0.2) is 49.3 Å². The average Bonchev–Trinajstić information content (AvgIpc) is 3.10. The molecule has 2 aromatic carbocycles. The van der Waals surface area contributed by atoms with Crippen molar-refractivity contribution in [1.82, 2.24) is 4.58 Å². The van der Waals surface area contributed by atoms with Gasteiger partial charge in [-0.15, -0.1) is 0 Å². The Hall–Kier alpha value is -4.13. The van der Waals surface area contributed by atoms with Gasteiger partial charge in [-0.3, -0.25) is 0 Å². The van der Waals surface area contributed by atoms with Crippen molar-refractivity contribution in [2.45, 2.75) is 32.1 Å². The first kappa shape index (κ1) is 23.3. The van der Waals surface area contributed by atoms with E-state index in [1.165, 1.54) is 28.9 Å². The predicted octanol–water partition coefficient (Wildman–Crippen LogP) is 4.72. The van der Waals surface area contributed by atoms with Crippen LogP contribution in [0.15, 0.2) is 46.9 Å². The second kappa shape index (κ2) is 8.76. The van der Waals surface area contributed by atoms with Gasteiger partial charge in [-0.25, -0.2) is 14.2 Å². The Balaban J connectivity index is 1.79. The van der Waals surface area contributed by atoms with Crippen molar-refractivity contribution < 1.29 is 24.2 Å². The lowest BCUT2D eigenvalue weighted by Gasteiger charge is -2.33. The molecule has 6 rings (SSSR count). The Morgan fingerprint density at radius 3 is 2.43 bits per heavy atom. The predicted molar refractivity (Wildman–Crippen MR) is 143 cm³/mol. The number of nitrogens with zero attached hydrogens (tertiary/aromatic N) is 2. The standard InChI is InChI=1S/C30H28N2O5/c1-31(2)19-9-11-21-25(16-19)37-28-22-7-5-13-32-12-4-3-6-17(27(22)32)14-24(28)26(21)20-10-8-18(29(33)34)15-23(20)30(35)36/h8-11,14-16H,3-7,12-13H2,1-2H3,(H-,33,34,35,36)/p+1. The summed E-state index contributed by atoms with van der Waals surface area (Å²) in [6.45, 7) is 2.08. The number of rotatable bonds is 3. The Morgan fingerprint density at radius 2 is 1.68 bits per heavy atom. The van der Waals surface area contributed by atoms with Crippen LogP contribution in [0.1, 0.15) is 51.1 Å². The summed E-state index contributed by atoms with van der Waals surface area (Å²) in [4.78, 5) is 26.5. The van der Waals surface area contributed by atoms with Gasteiger partial charge in [0.25, 0.3) is 0 Å². The number of hydrogen-bond acceptors (Lipinski definition) is 4. The third kappa shape index (κ3) is 3.77. The summed E-state index contributed by atoms with van der Waals surface area (Å²) in [6.07, 6.45) is 5.16. The molecule has 4 aliphatic rings. The summed E-state index contributed by atoms with van der Waals surface area (Å²) in [5.41, 5.74) is 6.54. The fourth-order valence-corrected chi connectivity index (χ4v) is 5.99. The molecule has 0 spiro atoms. The zero-order valence-electron chi connectivity index (χ0n) is 21.0. The molecule has 2 aromatic rings. The van der Waals surface area contributed by atoms with Crippen LogP contribution >= 0.6 is 0 Å². The van der Waals surface area contributed by atoms with Gasteiger partial charge in [0.05, 0.1) is 17.2 Å². The molecule has 7 heteroatoms. The molecule has 3 aliphatic heterocycles. The van der Waals surface area contributed by atoms with Gasteiger partial charge in [0.15, 0.2) is 0 Å². The molecule has 188 valence electrons. The van der Waals surface area contributed by atoms with E-state index in [2.05, 4.69) is 11.0 Å². The number of aromatic carboxylic acids is 2. The van der Waals surface area contributed by atoms with Crippen molar-refractivity contribution in [3.8, 4) is 22.5 Å². The summed E-state index contributed by atoms with van der Waals surface area (Å²) in [6, 6.07) is 12.5. The highest BCUT2D eigenvalue weighted by Crippen LogP contribution is 2.47. The SMILES string of the molecule is C[N+](C)=c1ccc2c(-c3ccc(C(=O)O)cc3C(=O)O)c3cc4c5c(c3oc-2c1)CCCN5CCCC4. The van der Waals surface area contributed by atoms with Gasteiger partial charge in [-0.05, 0) is 67.5 Å². The molecule has 0 saturated carbocycles. The zero-order valence-corrected chi connectivity index (χ0v) is 21.0. The summed E-state index contributed by atoms with van der Waals surface area (Å²) < 4.78 is 8.68. The lowest BCUT2D eigenvalue weighted by molar-refractivity contribution is 0.0696. The first-order chi connectivity index (χ1) is 17.8. The molecule has 0 radical (unpaired) electrons. The number of aryl methyl sites for hydroxylation is 2. The first-order valence-corrected chi connectivity index (χ1v) is 12.7. The quantitative estimate of drug-likeness (QED) is 0.314. The fraction of sp³-hybridized carbons (Fsp3) is 0.300. The summed E-state index contributed by atoms with van der Waals surface area (Å²) in [5.74, 6) is -1.64. The lowest BCUT2D eigenvalue weighted by atomic mass is 9.86. The second-order valence-electron chi connectivity index (χ2n) is 10.2. The van der Waals surface area contributed by atoms with Crippen molar-refractivity contribution in [3.63, 3.8) is 0 Å². The molecule has 3 heterocycles. The van der Waals surface area contributed by atoms with Gasteiger partial charge in [-0.2, -0.15) is 0 Å². The maximum absolute atomic E-state index is 12.4. The molecule has 7 nitrogen and oxygen atoms in total. The van der Waals surface area contributed by atoms with E-state index in [9.17, 15) is 19.8 Å². The van der Waals surface area contributed by atoms with Crippen molar-refractivity contribution >= 4 is 28.6 Å². The van der Waals surface area contributed by atoms with Gasteiger partial charge in [-0.1, -0.05) is 6.07 Å². The molecule has 0 saturated heterocycles. The van der Waals surface area contributed by atoms with Crippen LogP contribution in [0.2, 0.25) is 0 Å². The number of anilines is 1. The third-order valence-electron chi connectivity index (χ3n) is 7.72. The smallest absolute Gasteiger partial charge is 0.336 e. The molecular weight excluding hydrogens is 468 g/mol. The summed E-state index contributed by atoms with van der Waals surface area (Å²) >= 11 is 0. The minimum Gasteiger partial charge on any atom is -0.478 e. The van der Waals surface area contributed by atoms with E-state index in [-0.39, 0.29) is 11.1 Å². The lowest BCUT2D eigenvalue weighted by Crippen LogP contribution is -2.30. The maximum atomic E-state index is 12.4. The molecule has 0 fully saturated rings. The molecule has 1 aliphatic carbocycles. The minimum atomic E-state index is -1.16. The van der Waals surface area contributed by atoms with E-state index in [4.69, 9.17) is 4.42 Å². The first-order valence-electron chi connectivity index (χ1n) is 12.7. The van der Waals surface area contributed by atoms with Gasteiger partial charge in [0.1, 0.15) is 25.4 Å². The number of hydrogen-bond donors (Lipinski definition) is 2. The van der Waals surface area contributed by atoms with Crippen LogP contribution in [-0.2, 0) is 12.8 Å². The fourth-order valence-electron chi connectivity index (χ4n) is 5.99. The van der Waals surface area contributed by atoms with Gasteiger partial charge < -0.3 is 19.5 Å². The van der Waals surface area contributed by atoms with Crippen LogP contribution < -0.4 is 14.8 Å². The largest absolute Gasteiger partial charge is 0.478 e. The summed E-state index contributed by atoms with van der Waals surface area (Å²) in [7, 11) is 3.94. The van der Waals surface area contributed by atoms with Gasteiger partial charge in [0, 0.05) is 46.9 Å². The van der Waals surface area contributed by atoms with E-state index in [1.807, 2.05) is 36.9 Å². The van der Waals surface area contributed by atoms with Crippen LogP contribution in [0.25, 0.3) is 33.4 Å². The Labute approximate surface area is 214 Å². The number of fused-ring (bicyclic) bond motifs is 3. The molecule has 0 bridgehead atoms. The molecular formula is C30H29N2O5+. The highest BCUT2D eigenvalue weighted by molar-refractivity contribution is 6.10. The number of benzene rings is 3. The molecule has 0 aromatic heterocycles. The Morgan fingerprint density at radius 1 is 0.892 bits per heavy atom. The van der Waals surface area contributed by atoms with Crippen molar-refractivity contribution in [2.75, 3.05) is 32.1 Å². The topological polar surface area (TPSA) is 94.0 Å². The Bertz CT molecular complexity index is 1640. The maximum Gasteiger partial charge on any atom is 0.336 e. The van der Waals surface area contributed by atoms with E-state index in [1.54, 1.807) is 6.07 Å². The van der Waals surface area contributed by atoms with E-state index < -0.39 is 11.9 Å². The van der Waals surface area contributed by atoms with Crippen molar-refractivity contribution in [3.05, 3.63) is 70.1 Å². The highest BCUT2D eigenvalue weighted by atomic mass is 16.4. The van der Waals surface area contributed by atoms with E-state index in [0.717, 1.165) is 72.6 Å². The van der Waals surface area contributed by atoms with E-state index in [0.29, 0.717) is 11.3 Å². The number of carbonyl (C=O) groups is 2. The van der Waals surface area contributed by atoms with Crippen molar-refractivity contribution in [1.29, 1.82) is 0 Å². The minimum absolute atomic E-state index is 0.0319. The summed E-state index contributed by atoms with van der Waals surface area (Å²) in [5, 5.41) is 21.5. The molecule has 0 atom stereocenters. The monoisotopic (exact) mass is 497 g/mol.